The van der Waals surface area contributed by atoms with Crippen LogP contribution in [0.1, 0.15) is 19.4 Å². The van der Waals surface area contributed by atoms with Crippen LogP contribution in [0.2, 0.25) is 0 Å². The second kappa shape index (κ2) is 5.51. The molecular weight excluding hydrogens is 218 g/mol. The highest BCUT2D eigenvalue weighted by molar-refractivity contribution is 5.26. The number of aliphatic hydroxyl groups is 1. The summed E-state index contributed by atoms with van der Waals surface area (Å²) in [5, 5.41) is 16.4. The summed E-state index contributed by atoms with van der Waals surface area (Å²) in [6.07, 6.45) is 2.91. The number of ether oxygens (including phenoxy) is 1. The molecule has 0 aliphatic carbocycles. The number of aromatic nitrogens is 2. The molecule has 2 rings (SSSR count). The summed E-state index contributed by atoms with van der Waals surface area (Å²) in [7, 11) is 0. The summed E-state index contributed by atoms with van der Waals surface area (Å²) in [4.78, 5) is 0. The molecule has 1 aliphatic rings. The van der Waals surface area contributed by atoms with Gasteiger partial charge in [-0.25, -0.2) is 4.68 Å². The van der Waals surface area contributed by atoms with E-state index in [0.717, 1.165) is 18.8 Å². The molecule has 0 amide bonds. The number of fused-ring (bicyclic) bond motifs is 1. The summed E-state index contributed by atoms with van der Waals surface area (Å²) in [6, 6.07) is 0.237. The van der Waals surface area contributed by atoms with Crippen molar-refractivity contribution in [3.8, 4) is 5.88 Å². The van der Waals surface area contributed by atoms with Crippen LogP contribution in [-0.2, 0) is 13.0 Å². The Morgan fingerprint density at radius 3 is 3.18 bits per heavy atom. The highest BCUT2D eigenvalue weighted by atomic mass is 16.5. The summed E-state index contributed by atoms with van der Waals surface area (Å²) < 4.78 is 7.67. The topological polar surface area (TPSA) is 59.3 Å². The number of nitrogens with one attached hydrogen (secondary N) is 1. The van der Waals surface area contributed by atoms with Crippen molar-refractivity contribution >= 4 is 0 Å². The molecule has 1 aliphatic heterocycles. The van der Waals surface area contributed by atoms with Gasteiger partial charge in [0.1, 0.15) is 6.61 Å². The molecule has 0 saturated carbocycles. The van der Waals surface area contributed by atoms with Crippen molar-refractivity contribution in [3.05, 3.63) is 11.8 Å². The van der Waals surface area contributed by atoms with Gasteiger partial charge in [-0.2, -0.15) is 5.10 Å². The van der Waals surface area contributed by atoms with Gasteiger partial charge in [-0.05, 0) is 12.3 Å². The maximum absolute atomic E-state index is 8.77. The van der Waals surface area contributed by atoms with E-state index in [1.165, 1.54) is 5.56 Å². The highest BCUT2D eigenvalue weighted by Crippen LogP contribution is 2.24. The first kappa shape index (κ1) is 12.4. The largest absolute Gasteiger partial charge is 0.476 e. The second-order valence-electron chi connectivity index (χ2n) is 4.94. The van der Waals surface area contributed by atoms with Crippen molar-refractivity contribution in [1.29, 1.82) is 0 Å². The van der Waals surface area contributed by atoms with Gasteiger partial charge in [0.05, 0.1) is 25.4 Å². The molecule has 2 N–H and O–H groups in total. The molecule has 0 spiro atoms. The second-order valence-corrected chi connectivity index (χ2v) is 4.94. The number of hydrogen-bond donors (Lipinski definition) is 2. The van der Waals surface area contributed by atoms with E-state index in [9.17, 15) is 0 Å². The van der Waals surface area contributed by atoms with Crippen LogP contribution in [-0.4, -0.2) is 40.7 Å². The molecule has 0 radical (unpaired) electrons. The minimum atomic E-state index is 0.154. The van der Waals surface area contributed by atoms with Crippen molar-refractivity contribution < 1.29 is 9.84 Å². The van der Waals surface area contributed by atoms with E-state index in [2.05, 4.69) is 24.3 Å². The fraction of sp³-hybridized carbons (Fsp3) is 0.750. The lowest BCUT2D eigenvalue weighted by molar-refractivity contribution is 0.174. The van der Waals surface area contributed by atoms with Gasteiger partial charge in [-0.1, -0.05) is 13.8 Å². The van der Waals surface area contributed by atoms with Crippen LogP contribution in [0.3, 0.4) is 0 Å². The van der Waals surface area contributed by atoms with Crippen LogP contribution >= 0.6 is 0 Å². The quantitative estimate of drug-likeness (QED) is 0.782. The Morgan fingerprint density at radius 2 is 2.47 bits per heavy atom. The van der Waals surface area contributed by atoms with Crippen molar-refractivity contribution in [1.82, 2.24) is 15.1 Å². The van der Waals surface area contributed by atoms with Gasteiger partial charge in [0, 0.05) is 12.1 Å². The third-order valence-electron chi connectivity index (χ3n) is 2.85. The summed E-state index contributed by atoms with van der Waals surface area (Å²) in [6.45, 7) is 6.60. The van der Waals surface area contributed by atoms with Crippen molar-refractivity contribution in [2.45, 2.75) is 32.9 Å². The lowest BCUT2D eigenvalue weighted by atomic mass is 10.1. The van der Waals surface area contributed by atoms with Gasteiger partial charge >= 0.3 is 0 Å². The molecule has 0 fully saturated rings. The van der Waals surface area contributed by atoms with E-state index in [-0.39, 0.29) is 12.6 Å². The first-order chi connectivity index (χ1) is 8.20. The summed E-state index contributed by atoms with van der Waals surface area (Å²) in [5.74, 6) is 1.53. The zero-order valence-electron chi connectivity index (χ0n) is 10.5. The minimum Gasteiger partial charge on any atom is -0.476 e. The monoisotopic (exact) mass is 239 g/mol. The number of hydrogen-bond acceptors (Lipinski definition) is 4. The standard InChI is InChI=1S/C12H21N3O2/c1-9(2)5-10-6-14-15-7-11(13-3-4-16)8-17-12(10)15/h6,9,11,13,16H,3-5,7-8H2,1-2H3. The Kier molecular flexibility index (Phi) is 4.02. The SMILES string of the molecule is CC(C)Cc1cnn2c1OCC(NCCO)C2. The van der Waals surface area contributed by atoms with Crippen LogP contribution in [0, 0.1) is 5.92 Å². The molecule has 17 heavy (non-hydrogen) atoms. The van der Waals surface area contributed by atoms with Crippen LogP contribution < -0.4 is 10.1 Å². The van der Waals surface area contributed by atoms with E-state index < -0.39 is 0 Å². The maximum Gasteiger partial charge on any atom is 0.215 e. The third kappa shape index (κ3) is 2.98. The molecule has 0 saturated heterocycles. The molecule has 2 heterocycles. The van der Waals surface area contributed by atoms with Crippen molar-refractivity contribution in [2.24, 2.45) is 5.92 Å². The average Bonchev–Trinajstić information content (AvgIpc) is 2.68. The molecule has 5 nitrogen and oxygen atoms in total. The van der Waals surface area contributed by atoms with E-state index in [1.807, 2.05) is 10.9 Å². The molecule has 0 aromatic carbocycles. The van der Waals surface area contributed by atoms with Crippen molar-refractivity contribution in [2.75, 3.05) is 19.8 Å². The molecule has 96 valence electrons. The lowest BCUT2D eigenvalue weighted by Gasteiger charge is -2.25. The van der Waals surface area contributed by atoms with E-state index in [0.29, 0.717) is 19.1 Å². The molecule has 1 aromatic rings. The Balaban J connectivity index is 2.00. The number of rotatable bonds is 5. The minimum absolute atomic E-state index is 0.154. The van der Waals surface area contributed by atoms with E-state index in [1.54, 1.807) is 0 Å². The molecular formula is C12H21N3O2. The highest BCUT2D eigenvalue weighted by Gasteiger charge is 2.22. The normalized spacial score (nSPS) is 19.2. The fourth-order valence-electron chi connectivity index (χ4n) is 2.12. The number of aliphatic hydroxyl groups excluding tert-OH is 1. The predicted octanol–water partition coefficient (Wildman–Crippen LogP) is 0.424. The Bertz CT molecular complexity index is 363. The fourth-order valence-corrected chi connectivity index (χ4v) is 2.12. The molecule has 5 heteroatoms. The van der Waals surface area contributed by atoms with E-state index >= 15 is 0 Å². The third-order valence-corrected chi connectivity index (χ3v) is 2.85. The van der Waals surface area contributed by atoms with Crippen molar-refractivity contribution in [3.63, 3.8) is 0 Å². The number of nitrogens with zero attached hydrogens (tertiary/aromatic N) is 2. The molecule has 1 atom stereocenters. The van der Waals surface area contributed by atoms with Gasteiger partial charge in [0.25, 0.3) is 0 Å². The Morgan fingerprint density at radius 1 is 1.65 bits per heavy atom. The lowest BCUT2D eigenvalue weighted by Crippen LogP contribution is -2.43. The van der Waals surface area contributed by atoms with Gasteiger partial charge in [0.15, 0.2) is 0 Å². The molecule has 1 aromatic heterocycles. The Hall–Kier alpha value is -1.07. The first-order valence-corrected chi connectivity index (χ1v) is 6.22. The summed E-state index contributed by atoms with van der Waals surface area (Å²) in [5.41, 5.74) is 1.20. The van der Waals surface area contributed by atoms with E-state index in [4.69, 9.17) is 9.84 Å². The van der Waals surface area contributed by atoms with Gasteiger partial charge in [0.2, 0.25) is 5.88 Å². The predicted molar refractivity (Wildman–Crippen MR) is 65.1 cm³/mol. The van der Waals surface area contributed by atoms with Gasteiger partial charge in [-0.3, -0.25) is 0 Å². The van der Waals surface area contributed by atoms with Crippen LogP contribution in [0.25, 0.3) is 0 Å². The van der Waals surface area contributed by atoms with Crippen LogP contribution in [0.15, 0.2) is 6.20 Å². The zero-order valence-corrected chi connectivity index (χ0v) is 10.5. The van der Waals surface area contributed by atoms with Gasteiger partial charge in [-0.15, -0.1) is 0 Å². The average molecular weight is 239 g/mol. The maximum atomic E-state index is 8.77. The summed E-state index contributed by atoms with van der Waals surface area (Å²) >= 11 is 0. The van der Waals surface area contributed by atoms with Gasteiger partial charge < -0.3 is 15.2 Å². The zero-order chi connectivity index (χ0) is 12.3. The van der Waals surface area contributed by atoms with Crippen LogP contribution in [0.5, 0.6) is 5.88 Å². The Labute approximate surface area is 102 Å². The molecule has 1 unspecified atom stereocenters. The van der Waals surface area contributed by atoms with Crippen LogP contribution in [0.4, 0.5) is 0 Å². The smallest absolute Gasteiger partial charge is 0.215 e. The first-order valence-electron chi connectivity index (χ1n) is 6.22. The molecule has 0 bridgehead atoms.